The van der Waals surface area contributed by atoms with Crippen molar-refractivity contribution < 1.29 is 18.9 Å². The van der Waals surface area contributed by atoms with Gasteiger partial charge in [0.1, 0.15) is 11.5 Å². The molecule has 0 aliphatic rings. The van der Waals surface area contributed by atoms with Crippen molar-refractivity contribution in [1.82, 2.24) is 5.43 Å². The molecular formula is C15H15N3O5. The molecule has 0 saturated heterocycles. The van der Waals surface area contributed by atoms with Crippen molar-refractivity contribution in [1.29, 1.82) is 0 Å². The van der Waals surface area contributed by atoms with Crippen LogP contribution >= 0.6 is 0 Å². The molecule has 120 valence electrons. The van der Waals surface area contributed by atoms with Crippen LogP contribution in [0.3, 0.4) is 0 Å². The highest BCUT2D eigenvalue weighted by Gasteiger charge is 2.14. The molecule has 1 heterocycles. The predicted octanol–water partition coefficient (Wildman–Crippen LogP) is 2.33. The lowest BCUT2D eigenvalue weighted by atomic mass is 10.1. The Labute approximate surface area is 131 Å². The second-order valence-electron chi connectivity index (χ2n) is 4.76. The third-order valence-electron chi connectivity index (χ3n) is 2.93. The number of ether oxygens (including phenoxy) is 1. The summed E-state index contributed by atoms with van der Waals surface area (Å²) in [5, 5.41) is 14.5. The zero-order valence-corrected chi connectivity index (χ0v) is 12.6. The normalized spacial score (nSPS) is 10.7. The largest absolute Gasteiger partial charge is 0.483 e. The van der Waals surface area contributed by atoms with E-state index in [-0.39, 0.29) is 12.3 Å². The highest BCUT2D eigenvalue weighted by molar-refractivity contribution is 5.81. The van der Waals surface area contributed by atoms with Crippen molar-refractivity contribution in [3.63, 3.8) is 0 Å². The molecule has 1 amide bonds. The van der Waals surface area contributed by atoms with Crippen LogP contribution in [0, 0.1) is 24.0 Å². The molecule has 0 atom stereocenters. The van der Waals surface area contributed by atoms with Gasteiger partial charge in [0.25, 0.3) is 11.6 Å². The van der Waals surface area contributed by atoms with Gasteiger partial charge in [-0.15, -0.1) is 0 Å². The third kappa shape index (κ3) is 4.40. The predicted molar refractivity (Wildman–Crippen MR) is 82.5 cm³/mol. The summed E-state index contributed by atoms with van der Waals surface area (Å²) in [6.45, 7) is 3.11. The third-order valence-corrected chi connectivity index (χ3v) is 2.93. The van der Waals surface area contributed by atoms with Crippen LogP contribution in [-0.4, -0.2) is 23.7 Å². The number of hydrogen-bond acceptors (Lipinski definition) is 6. The van der Waals surface area contributed by atoms with E-state index in [9.17, 15) is 14.9 Å². The number of nitrogens with one attached hydrogen (secondary N) is 1. The van der Waals surface area contributed by atoms with E-state index >= 15 is 0 Å². The van der Waals surface area contributed by atoms with Crippen molar-refractivity contribution >= 4 is 17.8 Å². The van der Waals surface area contributed by atoms with Crippen molar-refractivity contribution in [2.75, 3.05) is 6.61 Å². The lowest BCUT2D eigenvalue weighted by molar-refractivity contribution is -0.385. The van der Waals surface area contributed by atoms with Gasteiger partial charge >= 0.3 is 0 Å². The van der Waals surface area contributed by atoms with E-state index < -0.39 is 10.8 Å². The number of nitro groups is 1. The lowest BCUT2D eigenvalue weighted by Crippen LogP contribution is -2.25. The Morgan fingerprint density at radius 2 is 2.13 bits per heavy atom. The van der Waals surface area contributed by atoms with Gasteiger partial charge in [0.15, 0.2) is 6.61 Å². The van der Waals surface area contributed by atoms with E-state index in [0.29, 0.717) is 22.6 Å². The fourth-order valence-electron chi connectivity index (χ4n) is 1.96. The minimum Gasteiger partial charge on any atom is -0.483 e. The SMILES string of the molecule is Cc1cc([N+](=O)[O-])cc(C)c1OCC(=O)NN=Cc1ccco1. The number of carbonyl (C=O) groups excluding carboxylic acids is 1. The average molecular weight is 317 g/mol. The Bertz CT molecular complexity index is 715. The topological polar surface area (TPSA) is 107 Å². The Hall–Kier alpha value is -3.16. The number of carbonyl (C=O) groups is 1. The van der Waals surface area contributed by atoms with Crippen LogP contribution in [0.2, 0.25) is 0 Å². The second-order valence-corrected chi connectivity index (χ2v) is 4.76. The molecule has 0 aliphatic heterocycles. The van der Waals surface area contributed by atoms with Crippen LogP contribution in [0.5, 0.6) is 5.75 Å². The quantitative estimate of drug-likeness (QED) is 0.500. The van der Waals surface area contributed by atoms with Crippen molar-refractivity contribution in [2.45, 2.75) is 13.8 Å². The highest BCUT2D eigenvalue weighted by Crippen LogP contribution is 2.28. The maximum atomic E-state index is 11.7. The number of furan rings is 1. The first-order chi connectivity index (χ1) is 11.0. The lowest BCUT2D eigenvalue weighted by Gasteiger charge is -2.11. The van der Waals surface area contributed by atoms with Crippen LogP contribution in [0.4, 0.5) is 5.69 Å². The number of benzene rings is 1. The zero-order valence-electron chi connectivity index (χ0n) is 12.6. The molecular weight excluding hydrogens is 302 g/mol. The standard InChI is InChI=1S/C15H15N3O5/c1-10-6-12(18(20)21)7-11(2)15(10)23-9-14(19)17-16-8-13-4-3-5-22-13/h3-8H,9H2,1-2H3,(H,17,19). The molecule has 0 bridgehead atoms. The first-order valence-corrected chi connectivity index (χ1v) is 6.71. The average Bonchev–Trinajstić information content (AvgIpc) is 2.99. The van der Waals surface area contributed by atoms with E-state index in [4.69, 9.17) is 9.15 Å². The van der Waals surface area contributed by atoms with Crippen molar-refractivity contribution in [2.24, 2.45) is 5.10 Å². The molecule has 2 aromatic rings. The van der Waals surface area contributed by atoms with Crippen LogP contribution in [-0.2, 0) is 4.79 Å². The van der Waals surface area contributed by atoms with E-state index in [1.165, 1.54) is 24.6 Å². The zero-order chi connectivity index (χ0) is 16.8. The molecule has 0 saturated carbocycles. The molecule has 23 heavy (non-hydrogen) atoms. The van der Waals surface area contributed by atoms with E-state index in [0.717, 1.165) is 0 Å². The molecule has 0 radical (unpaired) electrons. The number of hydrazone groups is 1. The molecule has 1 N–H and O–H groups in total. The first-order valence-electron chi connectivity index (χ1n) is 6.71. The monoisotopic (exact) mass is 317 g/mol. The van der Waals surface area contributed by atoms with Crippen LogP contribution in [0.25, 0.3) is 0 Å². The van der Waals surface area contributed by atoms with Gasteiger partial charge in [0, 0.05) is 12.1 Å². The maximum Gasteiger partial charge on any atom is 0.277 e. The van der Waals surface area contributed by atoms with Crippen LogP contribution < -0.4 is 10.2 Å². The first kappa shape index (κ1) is 16.2. The molecule has 0 fully saturated rings. The molecule has 0 unspecified atom stereocenters. The van der Waals surface area contributed by atoms with Crippen LogP contribution in [0.15, 0.2) is 40.0 Å². The van der Waals surface area contributed by atoms with Crippen LogP contribution in [0.1, 0.15) is 16.9 Å². The fraction of sp³-hybridized carbons (Fsp3) is 0.200. The fourth-order valence-corrected chi connectivity index (χ4v) is 1.96. The molecule has 8 nitrogen and oxygen atoms in total. The molecule has 1 aromatic carbocycles. The maximum absolute atomic E-state index is 11.7. The van der Waals surface area contributed by atoms with Gasteiger partial charge in [-0.3, -0.25) is 14.9 Å². The molecule has 0 aliphatic carbocycles. The Kier molecular flexibility index (Phi) is 5.08. The van der Waals surface area contributed by atoms with Gasteiger partial charge in [-0.25, -0.2) is 5.43 Å². The smallest absolute Gasteiger partial charge is 0.277 e. The number of non-ortho nitro benzene ring substituents is 1. The number of nitrogens with zero attached hydrogens (tertiary/aromatic N) is 2. The number of rotatable bonds is 6. The number of nitro benzene ring substituents is 1. The van der Waals surface area contributed by atoms with E-state index in [1.54, 1.807) is 26.0 Å². The van der Waals surface area contributed by atoms with E-state index in [2.05, 4.69) is 10.5 Å². The summed E-state index contributed by atoms with van der Waals surface area (Å²) in [4.78, 5) is 22.0. The summed E-state index contributed by atoms with van der Waals surface area (Å²) in [7, 11) is 0. The van der Waals surface area contributed by atoms with Gasteiger partial charge in [-0.05, 0) is 37.1 Å². The van der Waals surface area contributed by atoms with Gasteiger partial charge in [-0.1, -0.05) is 0 Å². The number of aryl methyl sites for hydroxylation is 2. The summed E-state index contributed by atoms with van der Waals surface area (Å²) in [6, 6.07) is 6.19. The molecule has 2 rings (SSSR count). The van der Waals surface area contributed by atoms with Gasteiger partial charge in [-0.2, -0.15) is 5.10 Å². The molecule has 1 aromatic heterocycles. The number of hydrogen-bond donors (Lipinski definition) is 1. The molecule has 8 heteroatoms. The van der Waals surface area contributed by atoms with Crippen molar-refractivity contribution in [3.05, 3.63) is 57.5 Å². The van der Waals surface area contributed by atoms with Gasteiger partial charge in [0.05, 0.1) is 17.4 Å². The summed E-state index contributed by atoms with van der Waals surface area (Å²) < 4.78 is 10.4. The summed E-state index contributed by atoms with van der Waals surface area (Å²) in [6.07, 6.45) is 2.85. The van der Waals surface area contributed by atoms with Gasteiger partial charge < -0.3 is 9.15 Å². The summed E-state index contributed by atoms with van der Waals surface area (Å²) in [5.74, 6) is 0.499. The number of amides is 1. The summed E-state index contributed by atoms with van der Waals surface area (Å²) >= 11 is 0. The highest BCUT2D eigenvalue weighted by atomic mass is 16.6. The molecule has 0 spiro atoms. The summed E-state index contributed by atoms with van der Waals surface area (Å²) in [5.41, 5.74) is 3.46. The Morgan fingerprint density at radius 1 is 1.43 bits per heavy atom. The Morgan fingerprint density at radius 3 is 2.70 bits per heavy atom. The van der Waals surface area contributed by atoms with Gasteiger partial charge in [0.2, 0.25) is 0 Å². The minimum absolute atomic E-state index is 0.0140. The second kappa shape index (κ2) is 7.21. The Balaban J connectivity index is 1.92. The minimum atomic E-state index is -0.472. The van der Waals surface area contributed by atoms with E-state index in [1.807, 2.05) is 0 Å². The van der Waals surface area contributed by atoms with Crippen molar-refractivity contribution in [3.8, 4) is 5.75 Å².